The third-order valence-electron chi connectivity index (χ3n) is 4.13. The number of nitro benzene ring substituents is 1. The summed E-state index contributed by atoms with van der Waals surface area (Å²) in [6.45, 7) is -0.1000. The molecule has 1 aliphatic rings. The summed E-state index contributed by atoms with van der Waals surface area (Å²) < 4.78 is 5.41. The molecule has 4 rings (SSSR count). The van der Waals surface area contributed by atoms with Gasteiger partial charge in [-0.3, -0.25) is 24.6 Å². The fourth-order valence-electron chi connectivity index (χ4n) is 2.80. The van der Waals surface area contributed by atoms with Crippen LogP contribution in [0, 0.1) is 10.1 Å². The van der Waals surface area contributed by atoms with E-state index in [2.05, 4.69) is 4.98 Å². The summed E-state index contributed by atoms with van der Waals surface area (Å²) >= 11 is 5.85. The van der Waals surface area contributed by atoms with E-state index >= 15 is 0 Å². The summed E-state index contributed by atoms with van der Waals surface area (Å²) in [4.78, 5) is 40.5. The molecular weight excluding hydrogens is 374 g/mol. The van der Waals surface area contributed by atoms with E-state index in [0.29, 0.717) is 22.2 Å². The molecule has 1 aliphatic heterocycles. The molecule has 0 saturated heterocycles. The minimum absolute atomic E-state index is 0.00983. The maximum Gasteiger partial charge on any atom is 0.270 e. The van der Waals surface area contributed by atoms with Crippen LogP contribution in [0.15, 0.2) is 53.1 Å². The van der Waals surface area contributed by atoms with Crippen LogP contribution in [-0.4, -0.2) is 26.6 Å². The van der Waals surface area contributed by atoms with E-state index < -0.39 is 16.7 Å². The van der Waals surface area contributed by atoms with Crippen molar-refractivity contribution in [1.29, 1.82) is 0 Å². The fourth-order valence-corrected chi connectivity index (χ4v) is 2.93. The Morgan fingerprint density at radius 3 is 2.48 bits per heavy atom. The van der Waals surface area contributed by atoms with Gasteiger partial charge in [-0.05, 0) is 30.3 Å². The van der Waals surface area contributed by atoms with Crippen LogP contribution in [0.1, 0.15) is 26.4 Å². The minimum Gasteiger partial charge on any atom is -0.444 e. The Hall–Kier alpha value is -3.52. The van der Waals surface area contributed by atoms with E-state index in [1.807, 2.05) is 0 Å². The van der Waals surface area contributed by atoms with Gasteiger partial charge >= 0.3 is 0 Å². The van der Waals surface area contributed by atoms with Crippen molar-refractivity contribution in [1.82, 2.24) is 9.88 Å². The standard InChI is InChI=1S/C18H10ClN3O5/c19-11-3-1-10(2-4-11)16-20-12(9-27-16)8-21-17(23)14-6-5-13(22(25)26)7-15(14)18(21)24/h1-7,9H,8H2. The third-order valence-corrected chi connectivity index (χ3v) is 4.38. The van der Waals surface area contributed by atoms with Gasteiger partial charge in [-0.1, -0.05) is 11.6 Å². The highest BCUT2D eigenvalue weighted by Gasteiger charge is 2.37. The molecule has 0 spiro atoms. The average Bonchev–Trinajstić information content (AvgIpc) is 3.21. The SMILES string of the molecule is O=C1c2ccc([N+](=O)[O-])cc2C(=O)N1Cc1coc(-c2ccc(Cl)cc2)n1. The van der Waals surface area contributed by atoms with Crippen molar-refractivity contribution in [3.05, 3.63) is 80.7 Å². The van der Waals surface area contributed by atoms with Gasteiger partial charge in [0.15, 0.2) is 0 Å². The Bertz CT molecular complexity index is 1090. The molecule has 2 amide bonds. The van der Waals surface area contributed by atoms with Crippen molar-refractivity contribution in [3.63, 3.8) is 0 Å². The average molecular weight is 384 g/mol. The maximum absolute atomic E-state index is 12.5. The molecule has 134 valence electrons. The number of carbonyl (C=O) groups is 2. The number of imide groups is 1. The number of rotatable bonds is 4. The van der Waals surface area contributed by atoms with E-state index in [4.69, 9.17) is 16.0 Å². The summed E-state index contributed by atoms with van der Waals surface area (Å²) in [5, 5.41) is 11.5. The fraction of sp³-hybridized carbons (Fsp3) is 0.0556. The number of benzene rings is 2. The molecule has 0 atom stereocenters. The van der Waals surface area contributed by atoms with Crippen LogP contribution < -0.4 is 0 Å². The van der Waals surface area contributed by atoms with Crippen LogP contribution in [-0.2, 0) is 6.54 Å². The van der Waals surface area contributed by atoms with E-state index in [1.54, 1.807) is 24.3 Å². The zero-order valence-electron chi connectivity index (χ0n) is 13.6. The van der Waals surface area contributed by atoms with Crippen molar-refractivity contribution in [2.24, 2.45) is 0 Å². The Morgan fingerprint density at radius 1 is 1.07 bits per heavy atom. The first-order valence-corrected chi connectivity index (χ1v) is 8.17. The van der Waals surface area contributed by atoms with Crippen LogP contribution in [0.3, 0.4) is 0 Å². The highest BCUT2D eigenvalue weighted by Crippen LogP contribution is 2.28. The summed E-state index contributed by atoms with van der Waals surface area (Å²) in [7, 11) is 0. The molecule has 2 aromatic carbocycles. The van der Waals surface area contributed by atoms with Crippen LogP contribution in [0.2, 0.25) is 5.02 Å². The van der Waals surface area contributed by atoms with Gasteiger partial charge in [0.25, 0.3) is 17.5 Å². The smallest absolute Gasteiger partial charge is 0.270 e. The highest BCUT2D eigenvalue weighted by molar-refractivity contribution is 6.30. The van der Waals surface area contributed by atoms with Crippen molar-refractivity contribution in [3.8, 4) is 11.5 Å². The van der Waals surface area contributed by atoms with Gasteiger partial charge in [-0.25, -0.2) is 4.98 Å². The molecule has 0 N–H and O–H groups in total. The molecule has 0 aliphatic carbocycles. The number of nitro groups is 1. The van der Waals surface area contributed by atoms with Gasteiger partial charge in [0.2, 0.25) is 5.89 Å². The monoisotopic (exact) mass is 383 g/mol. The van der Waals surface area contributed by atoms with Gasteiger partial charge in [0, 0.05) is 22.7 Å². The van der Waals surface area contributed by atoms with Crippen molar-refractivity contribution in [2.75, 3.05) is 0 Å². The Morgan fingerprint density at radius 2 is 1.78 bits per heavy atom. The lowest BCUT2D eigenvalue weighted by molar-refractivity contribution is -0.384. The maximum atomic E-state index is 12.5. The number of non-ortho nitro benzene ring substituents is 1. The lowest BCUT2D eigenvalue weighted by Gasteiger charge is -2.11. The first kappa shape index (κ1) is 16.9. The van der Waals surface area contributed by atoms with Crippen LogP contribution in [0.4, 0.5) is 5.69 Å². The number of oxazole rings is 1. The molecule has 3 aromatic rings. The van der Waals surface area contributed by atoms with Gasteiger partial charge in [0.1, 0.15) is 6.26 Å². The first-order chi connectivity index (χ1) is 12.9. The Balaban J connectivity index is 1.58. The van der Waals surface area contributed by atoms with Gasteiger partial charge in [0.05, 0.1) is 28.3 Å². The Labute approximate surface area is 157 Å². The molecular formula is C18H10ClN3O5. The number of halogens is 1. The molecule has 2 heterocycles. The lowest BCUT2D eigenvalue weighted by Crippen LogP contribution is -2.29. The topological polar surface area (TPSA) is 107 Å². The van der Waals surface area contributed by atoms with E-state index in [0.717, 1.165) is 11.0 Å². The number of amides is 2. The van der Waals surface area contributed by atoms with Crippen molar-refractivity contribution < 1.29 is 18.9 Å². The van der Waals surface area contributed by atoms with E-state index in [-0.39, 0.29) is 23.4 Å². The summed E-state index contributed by atoms with van der Waals surface area (Å²) in [5.74, 6) is -0.801. The molecule has 8 nitrogen and oxygen atoms in total. The third kappa shape index (κ3) is 2.96. The first-order valence-electron chi connectivity index (χ1n) is 7.79. The largest absolute Gasteiger partial charge is 0.444 e. The second-order valence-electron chi connectivity index (χ2n) is 5.83. The van der Waals surface area contributed by atoms with Crippen LogP contribution >= 0.6 is 11.6 Å². The number of hydrogen-bond acceptors (Lipinski definition) is 6. The number of nitrogens with zero attached hydrogens (tertiary/aromatic N) is 3. The molecule has 0 unspecified atom stereocenters. The molecule has 0 radical (unpaired) electrons. The zero-order valence-corrected chi connectivity index (χ0v) is 14.3. The molecule has 0 bridgehead atoms. The van der Waals surface area contributed by atoms with Gasteiger partial charge in [-0.2, -0.15) is 0 Å². The van der Waals surface area contributed by atoms with Crippen LogP contribution in [0.5, 0.6) is 0 Å². The van der Waals surface area contributed by atoms with Gasteiger partial charge in [-0.15, -0.1) is 0 Å². The number of aromatic nitrogens is 1. The Kier molecular flexibility index (Phi) is 3.97. The molecule has 0 fully saturated rings. The number of hydrogen-bond donors (Lipinski definition) is 0. The number of fused-ring (bicyclic) bond motifs is 1. The minimum atomic E-state index is -0.614. The zero-order chi connectivity index (χ0) is 19.1. The predicted octanol–water partition coefficient (Wildman–Crippen LogP) is 3.70. The normalized spacial score (nSPS) is 13.1. The second-order valence-corrected chi connectivity index (χ2v) is 6.27. The molecule has 9 heteroatoms. The summed E-state index contributed by atoms with van der Waals surface area (Å²) in [6, 6.07) is 10.4. The predicted molar refractivity (Wildman–Crippen MR) is 94.2 cm³/mol. The molecule has 1 aromatic heterocycles. The molecule has 0 saturated carbocycles. The highest BCUT2D eigenvalue weighted by atomic mass is 35.5. The lowest BCUT2D eigenvalue weighted by atomic mass is 10.1. The molecule has 27 heavy (non-hydrogen) atoms. The van der Waals surface area contributed by atoms with Crippen LogP contribution in [0.25, 0.3) is 11.5 Å². The van der Waals surface area contributed by atoms with Crippen molar-refractivity contribution >= 4 is 29.1 Å². The second kappa shape index (κ2) is 6.33. The summed E-state index contributed by atoms with van der Waals surface area (Å²) in [5.41, 5.74) is 0.971. The van der Waals surface area contributed by atoms with E-state index in [1.165, 1.54) is 18.4 Å². The number of carbonyl (C=O) groups excluding carboxylic acids is 2. The quantitative estimate of drug-likeness (QED) is 0.386. The summed E-state index contributed by atoms with van der Waals surface area (Å²) in [6.07, 6.45) is 1.36. The van der Waals surface area contributed by atoms with Gasteiger partial charge < -0.3 is 4.42 Å². The van der Waals surface area contributed by atoms with Crippen molar-refractivity contribution in [2.45, 2.75) is 6.54 Å². The van der Waals surface area contributed by atoms with E-state index in [9.17, 15) is 19.7 Å².